The molecular formula is C20H26N4O. The van der Waals surface area contributed by atoms with E-state index in [-0.39, 0.29) is 12.1 Å². The molecule has 2 heterocycles. The minimum atomic E-state index is 0.0377. The molecule has 5 nitrogen and oxygen atoms in total. The molecule has 3 rings (SSSR count). The number of rotatable bonds is 5. The molecule has 1 saturated heterocycles. The summed E-state index contributed by atoms with van der Waals surface area (Å²) in [6.07, 6.45) is 4.41. The van der Waals surface area contributed by atoms with Gasteiger partial charge in [-0.15, -0.1) is 0 Å². The third-order valence-corrected chi connectivity index (χ3v) is 4.63. The molecule has 25 heavy (non-hydrogen) atoms. The first kappa shape index (κ1) is 17.4. The number of urea groups is 1. The standard InChI is InChI=1S/C20H26N4O/c1-17-15-23(16-19-6-3-2-4-7-19)12-13-24(17)20(25)22-11-9-18-8-5-10-21-14-18/h2-8,10,14,17H,9,11-13,15-16H2,1H3,(H,22,25)/t17-/m1/s1. The topological polar surface area (TPSA) is 48.5 Å². The van der Waals surface area contributed by atoms with E-state index in [1.807, 2.05) is 29.3 Å². The van der Waals surface area contributed by atoms with Crippen molar-refractivity contribution in [1.82, 2.24) is 20.1 Å². The molecular weight excluding hydrogens is 312 g/mol. The Morgan fingerprint density at radius 2 is 1.96 bits per heavy atom. The number of nitrogens with one attached hydrogen (secondary N) is 1. The van der Waals surface area contributed by atoms with Crippen LogP contribution in [-0.2, 0) is 13.0 Å². The average molecular weight is 338 g/mol. The van der Waals surface area contributed by atoms with Gasteiger partial charge < -0.3 is 10.2 Å². The normalized spacial score (nSPS) is 18.1. The minimum absolute atomic E-state index is 0.0377. The van der Waals surface area contributed by atoms with Crippen LogP contribution in [0.2, 0.25) is 0 Å². The molecule has 1 aromatic heterocycles. The van der Waals surface area contributed by atoms with E-state index in [4.69, 9.17) is 0 Å². The molecule has 0 spiro atoms. The Labute approximate surface area is 149 Å². The van der Waals surface area contributed by atoms with E-state index in [0.29, 0.717) is 6.54 Å². The van der Waals surface area contributed by atoms with Crippen LogP contribution in [-0.4, -0.2) is 53.0 Å². The van der Waals surface area contributed by atoms with E-state index in [9.17, 15) is 4.79 Å². The zero-order valence-electron chi connectivity index (χ0n) is 14.8. The summed E-state index contributed by atoms with van der Waals surface area (Å²) in [6, 6.07) is 14.7. The Bertz CT molecular complexity index is 662. The van der Waals surface area contributed by atoms with Crippen LogP contribution < -0.4 is 5.32 Å². The lowest BCUT2D eigenvalue weighted by Crippen LogP contribution is -2.56. The maximum Gasteiger partial charge on any atom is 0.317 e. The molecule has 1 aromatic carbocycles. The summed E-state index contributed by atoms with van der Waals surface area (Å²) in [7, 11) is 0. The lowest BCUT2D eigenvalue weighted by molar-refractivity contribution is 0.0976. The quantitative estimate of drug-likeness (QED) is 0.911. The van der Waals surface area contributed by atoms with Gasteiger partial charge in [0.25, 0.3) is 0 Å². The number of nitrogens with zero attached hydrogens (tertiary/aromatic N) is 3. The van der Waals surface area contributed by atoms with Gasteiger partial charge in [0.2, 0.25) is 0 Å². The number of amides is 2. The number of aromatic nitrogens is 1. The summed E-state index contributed by atoms with van der Waals surface area (Å²) in [4.78, 5) is 20.9. The number of pyridine rings is 1. The van der Waals surface area contributed by atoms with Crippen molar-refractivity contribution in [3.63, 3.8) is 0 Å². The van der Waals surface area contributed by atoms with Crippen molar-refractivity contribution < 1.29 is 4.79 Å². The predicted octanol–water partition coefficient (Wildman–Crippen LogP) is 2.54. The monoisotopic (exact) mass is 338 g/mol. The van der Waals surface area contributed by atoms with E-state index in [1.54, 1.807) is 6.20 Å². The number of benzene rings is 1. The molecule has 2 amide bonds. The lowest BCUT2D eigenvalue weighted by atomic mass is 10.1. The minimum Gasteiger partial charge on any atom is -0.338 e. The fourth-order valence-corrected chi connectivity index (χ4v) is 3.28. The third kappa shape index (κ3) is 5.03. The highest BCUT2D eigenvalue weighted by Crippen LogP contribution is 2.13. The first-order valence-corrected chi connectivity index (χ1v) is 8.92. The van der Waals surface area contributed by atoms with Crippen LogP contribution in [0.15, 0.2) is 54.9 Å². The second-order valence-electron chi connectivity index (χ2n) is 6.61. The Kier molecular flexibility index (Phi) is 6.01. The number of hydrogen-bond acceptors (Lipinski definition) is 3. The van der Waals surface area contributed by atoms with Crippen LogP contribution in [0.4, 0.5) is 4.79 Å². The van der Waals surface area contributed by atoms with Crippen LogP contribution in [0.3, 0.4) is 0 Å². The smallest absolute Gasteiger partial charge is 0.317 e. The van der Waals surface area contributed by atoms with E-state index >= 15 is 0 Å². The van der Waals surface area contributed by atoms with Crippen molar-refractivity contribution in [3.05, 3.63) is 66.0 Å². The SMILES string of the molecule is C[C@@H]1CN(Cc2ccccc2)CCN1C(=O)NCCc1cccnc1. The van der Waals surface area contributed by atoms with Gasteiger partial charge in [0.05, 0.1) is 0 Å². The van der Waals surface area contributed by atoms with E-state index in [0.717, 1.165) is 38.2 Å². The van der Waals surface area contributed by atoms with Crippen LogP contribution >= 0.6 is 0 Å². The zero-order valence-corrected chi connectivity index (χ0v) is 14.8. The lowest BCUT2D eigenvalue weighted by Gasteiger charge is -2.39. The molecule has 0 radical (unpaired) electrons. The Balaban J connectivity index is 1.43. The number of carbonyl (C=O) groups is 1. The van der Waals surface area contributed by atoms with E-state index in [1.165, 1.54) is 5.56 Å². The molecule has 2 aromatic rings. The molecule has 0 aliphatic carbocycles. The highest BCUT2D eigenvalue weighted by atomic mass is 16.2. The first-order chi connectivity index (χ1) is 12.2. The van der Waals surface area contributed by atoms with Gasteiger partial charge in [-0.3, -0.25) is 9.88 Å². The maximum atomic E-state index is 12.4. The largest absolute Gasteiger partial charge is 0.338 e. The van der Waals surface area contributed by atoms with Gasteiger partial charge in [0.1, 0.15) is 0 Å². The van der Waals surface area contributed by atoms with Crippen molar-refractivity contribution in [2.24, 2.45) is 0 Å². The Hall–Kier alpha value is -2.40. The van der Waals surface area contributed by atoms with Crippen LogP contribution in [0.25, 0.3) is 0 Å². The third-order valence-electron chi connectivity index (χ3n) is 4.63. The van der Waals surface area contributed by atoms with Gasteiger partial charge >= 0.3 is 6.03 Å². The predicted molar refractivity (Wildman–Crippen MR) is 99.2 cm³/mol. The summed E-state index contributed by atoms with van der Waals surface area (Å²) in [5.41, 5.74) is 2.47. The molecule has 0 saturated carbocycles. The fraction of sp³-hybridized carbons (Fsp3) is 0.400. The zero-order chi connectivity index (χ0) is 17.5. The van der Waals surface area contributed by atoms with Gasteiger partial charge in [0, 0.05) is 51.2 Å². The van der Waals surface area contributed by atoms with Crippen LogP contribution in [0.1, 0.15) is 18.1 Å². The summed E-state index contributed by atoms with van der Waals surface area (Å²) in [5.74, 6) is 0. The van der Waals surface area contributed by atoms with Crippen molar-refractivity contribution in [1.29, 1.82) is 0 Å². The Morgan fingerprint density at radius 1 is 1.16 bits per heavy atom. The summed E-state index contributed by atoms with van der Waals surface area (Å²) < 4.78 is 0. The highest BCUT2D eigenvalue weighted by Gasteiger charge is 2.27. The first-order valence-electron chi connectivity index (χ1n) is 8.92. The second-order valence-corrected chi connectivity index (χ2v) is 6.61. The molecule has 0 bridgehead atoms. The highest BCUT2D eigenvalue weighted by molar-refractivity contribution is 5.74. The summed E-state index contributed by atoms with van der Waals surface area (Å²) >= 11 is 0. The second kappa shape index (κ2) is 8.62. The van der Waals surface area contributed by atoms with Gasteiger partial charge in [-0.25, -0.2) is 4.79 Å². The molecule has 0 unspecified atom stereocenters. The van der Waals surface area contributed by atoms with E-state index < -0.39 is 0 Å². The maximum absolute atomic E-state index is 12.4. The van der Waals surface area contributed by atoms with Crippen molar-refractivity contribution >= 4 is 6.03 Å². The van der Waals surface area contributed by atoms with Crippen molar-refractivity contribution in [2.45, 2.75) is 25.9 Å². The molecule has 1 fully saturated rings. The van der Waals surface area contributed by atoms with E-state index in [2.05, 4.69) is 46.4 Å². The molecule has 5 heteroatoms. The fourth-order valence-electron chi connectivity index (χ4n) is 3.28. The molecule has 1 N–H and O–H groups in total. The van der Waals surface area contributed by atoms with Gasteiger partial charge in [0.15, 0.2) is 0 Å². The van der Waals surface area contributed by atoms with Crippen LogP contribution in [0.5, 0.6) is 0 Å². The summed E-state index contributed by atoms with van der Waals surface area (Å²) in [6.45, 7) is 6.30. The van der Waals surface area contributed by atoms with Crippen molar-refractivity contribution in [3.8, 4) is 0 Å². The van der Waals surface area contributed by atoms with Crippen molar-refractivity contribution in [2.75, 3.05) is 26.2 Å². The molecule has 1 aliphatic rings. The van der Waals surface area contributed by atoms with Gasteiger partial charge in [-0.2, -0.15) is 0 Å². The molecule has 132 valence electrons. The number of piperazine rings is 1. The molecule has 1 aliphatic heterocycles. The number of hydrogen-bond donors (Lipinski definition) is 1. The van der Waals surface area contributed by atoms with Crippen LogP contribution in [0, 0.1) is 0 Å². The summed E-state index contributed by atoms with van der Waals surface area (Å²) in [5, 5.41) is 3.04. The number of carbonyl (C=O) groups excluding carboxylic acids is 1. The Morgan fingerprint density at radius 3 is 2.68 bits per heavy atom. The molecule has 1 atom stereocenters. The van der Waals surface area contributed by atoms with Gasteiger partial charge in [-0.1, -0.05) is 36.4 Å². The van der Waals surface area contributed by atoms with Gasteiger partial charge in [-0.05, 0) is 30.5 Å². The average Bonchev–Trinajstić information content (AvgIpc) is 2.63.